The van der Waals surface area contributed by atoms with Crippen LogP contribution in [0.5, 0.6) is 0 Å². The van der Waals surface area contributed by atoms with Crippen LogP contribution in [0.15, 0.2) is 34.7 Å². The Bertz CT molecular complexity index is 897. The lowest BCUT2D eigenvalue weighted by Crippen LogP contribution is -2.53. The highest BCUT2D eigenvalue weighted by atomic mass is 16.3. The molecule has 0 radical (unpaired) electrons. The smallest absolute Gasteiger partial charge is 0.317 e. The molecule has 0 spiro atoms. The average molecular weight is 396 g/mol. The van der Waals surface area contributed by atoms with E-state index < -0.39 is 0 Å². The molecular formula is C23H29N3O3. The van der Waals surface area contributed by atoms with Crippen LogP contribution < -0.4 is 5.32 Å². The van der Waals surface area contributed by atoms with E-state index in [1.54, 1.807) is 21.9 Å². The summed E-state index contributed by atoms with van der Waals surface area (Å²) in [5.74, 6) is 0.976. The molecule has 0 saturated carbocycles. The van der Waals surface area contributed by atoms with Crippen LogP contribution in [0.4, 0.5) is 4.79 Å². The lowest BCUT2D eigenvalue weighted by molar-refractivity contribution is 0.0631. The Balaban J connectivity index is 1.31. The minimum absolute atomic E-state index is 0.0412. The van der Waals surface area contributed by atoms with Gasteiger partial charge in [-0.05, 0) is 68.4 Å². The van der Waals surface area contributed by atoms with Crippen molar-refractivity contribution in [3.8, 4) is 0 Å². The predicted molar refractivity (Wildman–Crippen MR) is 111 cm³/mol. The van der Waals surface area contributed by atoms with Crippen molar-refractivity contribution in [2.24, 2.45) is 0 Å². The molecule has 3 amide bonds. The summed E-state index contributed by atoms with van der Waals surface area (Å²) in [7, 11) is 0. The molecule has 154 valence electrons. The van der Waals surface area contributed by atoms with Gasteiger partial charge in [-0.1, -0.05) is 18.2 Å². The molecule has 0 bridgehead atoms. The third kappa shape index (κ3) is 4.31. The molecule has 6 heteroatoms. The molecule has 1 saturated heterocycles. The van der Waals surface area contributed by atoms with E-state index >= 15 is 0 Å². The Kier molecular flexibility index (Phi) is 5.60. The summed E-state index contributed by atoms with van der Waals surface area (Å²) < 4.78 is 5.43. The van der Waals surface area contributed by atoms with Crippen molar-refractivity contribution in [3.63, 3.8) is 0 Å². The molecule has 1 aromatic heterocycles. The summed E-state index contributed by atoms with van der Waals surface area (Å²) in [5, 5.41) is 3.12. The highest BCUT2D eigenvalue weighted by Crippen LogP contribution is 2.25. The van der Waals surface area contributed by atoms with Crippen LogP contribution in [-0.2, 0) is 12.8 Å². The lowest BCUT2D eigenvalue weighted by Gasteiger charge is -2.35. The fraction of sp³-hybridized carbons (Fsp3) is 0.478. The molecule has 6 nitrogen and oxygen atoms in total. The van der Waals surface area contributed by atoms with Crippen LogP contribution in [0.25, 0.3) is 0 Å². The number of hydrogen-bond acceptors (Lipinski definition) is 3. The van der Waals surface area contributed by atoms with Crippen molar-refractivity contribution in [3.05, 3.63) is 58.5 Å². The number of aryl methyl sites for hydroxylation is 3. The maximum atomic E-state index is 12.7. The van der Waals surface area contributed by atoms with E-state index in [9.17, 15) is 9.59 Å². The number of nitrogens with one attached hydrogen (secondary N) is 1. The molecule has 1 unspecified atom stereocenters. The van der Waals surface area contributed by atoms with Gasteiger partial charge in [0, 0.05) is 26.2 Å². The molecule has 1 aliphatic carbocycles. The monoisotopic (exact) mass is 395 g/mol. The van der Waals surface area contributed by atoms with Crippen LogP contribution in [0.1, 0.15) is 58.8 Å². The number of hydrogen-bond donors (Lipinski definition) is 1. The first-order valence-corrected chi connectivity index (χ1v) is 10.5. The van der Waals surface area contributed by atoms with E-state index in [0.717, 1.165) is 24.2 Å². The fourth-order valence-corrected chi connectivity index (χ4v) is 4.20. The van der Waals surface area contributed by atoms with Crippen molar-refractivity contribution in [1.29, 1.82) is 0 Å². The third-order valence-corrected chi connectivity index (χ3v) is 6.02. The zero-order valence-corrected chi connectivity index (χ0v) is 17.2. The van der Waals surface area contributed by atoms with Crippen LogP contribution in [0, 0.1) is 6.92 Å². The first kappa shape index (κ1) is 19.6. The molecule has 1 N–H and O–H groups in total. The van der Waals surface area contributed by atoms with Gasteiger partial charge in [-0.2, -0.15) is 0 Å². The topological polar surface area (TPSA) is 65.8 Å². The summed E-state index contributed by atoms with van der Waals surface area (Å²) in [4.78, 5) is 28.7. The number of carbonyl (C=O) groups excluding carboxylic acids is 2. The Morgan fingerprint density at radius 1 is 0.966 bits per heavy atom. The maximum absolute atomic E-state index is 12.7. The number of benzene rings is 1. The molecule has 1 aromatic carbocycles. The van der Waals surface area contributed by atoms with Crippen LogP contribution in [-0.4, -0.2) is 47.9 Å². The number of rotatable bonds is 3. The van der Waals surface area contributed by atoms with Crippen molar-refractivity contribution >= 4 is 11.9 Å². The molecule has 1 atom stereocenters. The van der Waals surface area contributed by atoms with E-state index in [0.29, 0.717) is 31.9 Å². The second kappa shape index (κ2) is 8.31. The second-order valence-electron chi connectivity index (χ2n) is 8.10. The van der Waals surface area contributed by atoms with Gasteiger partial charge in [-0.15, -0.1) is 0 Å². The molecular weight excluding hydrogens is 366 g/mol. The molecule has 1 fully saturated rings. The van der Waals surface area contributed by atoms with Gasteiger partial charge in [-0.25, -0.2) is 4.79 Å². The van der Waals surface area contributed by atoms with Gasteiger partial charge in [0.05, 0.1) is 6.04 Å². The summed E-state index contributed by atoms with van der Waals surface area (Å²) in [6, 6.07) is 9.98. The van der Waals surface area contributed by atoms with Gasteiger partial charge in [0.25, 0.3) is 5.91 Å². The van der Waals surface area contributed by atoms with Crippen molar-refractivity contribution in [1.82, 2.24) is 15.1 Å². The third-order valence-electron chi connectivity index (χ3n) is 6.02. The largest absolute Gasteiger partial charge is 0.456 e. The second-order valence-corrected chi connectivity index (χ2v) is 8.10. The maximum Gasteiger partial charge on any atom is 0.317 e. The van der Waals surface area contributed by atoms with E-state index in [-0.39, 0.29) is 18.0 Å². The number of piperazine rings is 1. The first-order valence-electron chi connectivity index (χ1n) is 10.5. The molecule has 1 aliphatic heterocycles. The number of furan rings is 1. The Labute approximate surface area is 171 Å². The summed E-state index contributed by atoms with van der Waals surface area (Å²) in [6.07, 6.45) is 4.82. The summed E-state index contributed by atoms with van der Waals surface area (Å²) in [5.41, 5.74) is 4.03. The van der Waals surface area contributed by atoms with Crippen LogP contribution in [0.2, 0.25) is 0 Å². The van der Waals surface area contributed by atoms with Crippen molar-refractivity contribution in [2.75, 3.05) is 26.2 Å². The minimum Gasteiger partial charge on any atom is -0.456 e. The zero-order chi connectivity index (χ0) is 20.4. The summed E-state index contributed by atoms with van der Waals surface area (Å²) >= 11 is 0. The lowest BCUT2D eigenvalue weighted by atomic mass is 9.89. The molecule has 2 heterocycles. The van der Waals surface area contributed by atoms with E-state index in [1.807, 2.05) is 13.8 Å². The van der Waals surface area contributed by atoms with E-state index in [1.165, 1.54) is 24.0 Å². The van der Waals surface area contributed by atoms with Gasteiger partial charge in [-0.3, -0.25) is 4.79 Å². The molecule has 4 rings (SSSR count). The first-order chi connectivity index (χ1) is 14.0. The Morgan fingerprint density at radius 2 is 1.66 bits per heavy atom. The number of carbonyl (C=O) groups is 2. The van der Waals surface area contributed by atoms with Gasteiger partial charge in [0.15, 0.2) is 5.76 Å². The number of amides is 3. The predicted octanol–water partition coefficient (Wildman–Crippen LogP) is 3.70. The number of urea groups is 1. The minimum atomic E-state index is -0.111. The molecule has 2 aliphatic rings. The summed E-state index contributed by atoms with van der Waals surface area (Å²) in [6.45, 7) is 5.92. The zero-order valence-electron chi connectivity index (χ0n) is 17.2. The fourth-order valence-electron chi connectivity index (χ4n) is 4.20. The SMILES string of the molecule is Cc1ccc(C(=O)N2CCN(C(=O)NC(C)c3ccc4c(c3)CCCC4)CC2)o1. The standard InChI is InChI=1S/C23H29N3O3/c1-16-7-10-21(29-16)22(27)25-11-13-26(14-12-25)23(28)24-17(2)19-9-8-18-5-3-4-6-20(18)15-19/h7-10,15,17H,3-6,11-14H2,1-2H3,(H,24,28). The highest BCUT2D eigenvalue weighted by Gasteiger charge is 2.27. The van der Waals surface area contributed by atoms with Crippen LogP contribution in [0.3, 0.4) is 0 Å². The van der Waals surface area contributed by atoms with Gasteiger partial charge >= 0.3 is 6.03 Å². The average Bonchev–Trinajstić information content (AvgIpc) is 3.19. The molecule has 29 heavy (non-hydrogen) atoms. The van der Waals surface area contributed by atoms with Crippen molar-refractivity contribution in [2.45, 2.75) is 45.6 Å². The number of fused-ring (bicyclic) bond motifs is 1. The Hall–Kier alpha value is -2.76. The Morgan fingerprint density at radius 3 is 2.34 bits per heavy atom. The quantitative estimate of drug-likeness (QED) is 0.862. The van der Waals surface area contributed by atoms with Crippen molar-refractivity contribution < 1.29 is 14.0 Å². The number of nitrogens with zero attached hydrogens (tertiary/aromatic N) is 2. The van der Waals surface area contributed by atoms with E-state index in [2.05, 4.69) is 23.5 Å². The van der Waals surface area contributed by atoms with Gasteiger partial charge in [0.1, 0.15) is 5.76 Å². The van der Waals surface area contributed by atoms with Crippen LogP contribution >= 0.6 is 0 Å². The van der Waals surface area contributed by atoms with Gasteiger partial charge in [0.2, 0.25) is 0 Å². The molecule has 2 aromatic rings. The van der Waals surface area contributed by atoms with Gasteiger partial charge < -0.3 is 19.5 Å². The van der Waals surface area contributed by atoms with E-state index in [4.69, 9.17) is 4.42 Å². The normalized spacial score (nSPS) is 17.6. The highest BCUT2D eigenvalue weighted by molar-refractivity contribution is 5.91.